The Labute approximate surface area is 98.5 Å². The fourth-order valence-electron chi connectivity index (χ4n) is 1.41. The molecular weight excluding hydrogens is 251 g/mol. The highest BCUT2D eigenvalue weighted by molar-refractivity contribution is 7.33. The second-order valence-corrected chi connectivity index (χ2v) is 7.82. The van der Waals surface area contributed by atoms with Gasteiger partial charge in [-0.15, -0.1) is 0 Å². The first-order valence-corrected chi connectivity index (χ1v) is 7.95. The Bertz CT molecular complexity index is 202. The standard InChI is InChI=1S/C8H21O6PSi/c1-8(6-7-14-15(9)10-2)16(11-3,12-4)13-5/h8,15H,6-7H2,1-5H3. The Balaban J connectivity index is 4.11. The number of hydrogen-bond donors (Lipinski definition) is 0. The van der Waals surface area contributed by atoms with Crippen LogP contribution in [0.5, 0.6) is 0 Å². The van der Waals surface area contributed by atoms with Crippen molar-refractivity contribution in [3.8, 4) is 0 Å². The van der Waals surface area contributed by atoms with Gasteiger partial charge in [0.15, 0.2) is 0 Å². The van der Waals surface area contributed by atoms with Gasteiger partial charge >= 0.3 is 17.1 Å². The maximum atomic E-state index is 10.9. The molecule has 0 radical (unpaired) electrons. The third kappa shape index (κ3) is 4.63. The molecule has 8 heteroatoms. The monoisotopic (exact) mass is 272 g/mol. The average Bonchev–Trinajstić information content (AvgIpc) is 2.31. The molecular formula is C8H21O6PSi. The molecule has 98 valence electrons. The quantitative estimate of drug-likeness (QED) is 0.470. The van der Waals surface area contributed by atoms with Crippen molar-refractivity contribution in [3.05, 3.63) is 0 Å². The highest BCUT2D eigenvalue weighted by Crippen LogP contribution is 2.29. The van der Waals surface area contributed by atoms with E-state index >= 15 is 0 Å². The van der Waals surface area contributed by atoms with Gasteiger partial charge in [-0.2, -0.15) is 0 Å². The van der Waals surface area contributed by atoms with E-state index in [1.165, 1.54) is 7.11 Å². The zero-order chi connectivity index (χ0) is 12.6. The van der Waals surface area contributed by atoms with Gasteiger partial charge in [-0.25, -0.2) is 0 Å². The summed E-state index contributed by atoms with van der Waals surface area (Å²) in [6.45, 7) is 2.29. The van der Waals surface area contributed by atoms with Crippen LogP contribution in [0, 0.1) is 0 Å². The Morgan fingerprint density at radius 3 is 2.00 bits per heavy atom. The summed E-state index contributed by atoms with van der Waals surface area (Å²) in [6, 6.07) is 0. The zero-order valence-corrected chi connectivity index (χ0v) is 12.4. The molecule has 0 N–H and O–H groups in total. The first-order chi connectivity index (χ1) is 7.56. The van der Waals surface area contributed by atoms with E-state index in [2.05, 4.69) is 4.52 Å². The van der Waals surface area contributed by atoms with Gasteiger partial charge in [0.2, 0.25) is 0 Å². The van der Waals surface area contributed by atoms with Crippen LogP contribution in [0.3, 0.4) is 0 Å². The summed E-state index contributed by atoms with van der Waals surface area (Å²) in [7, 11) is 1.08. The molecule has 2 unspecified atom stereocenters. The van der Waals surface area contributed by atoms with Gasteiger partial charge in [0.1, 0.15) is 0 Å². The van der Waals surface area contributed by atoms with E-state index < -0.39 is 17.1 Å². The van der Waals surface area contributed by atoms with Crippen LogP contribution >= 0.6 is 8.25 Å². The van der Waals surface area contributed by atoms with Gasteiger partial charge < -0.3 is 22.3 Å². The molecule has 16 heavy (non-hydrogen) atoms. The summed E-state index contributed by atoms with van der Waals surface area (Å²) in [6.07, 6.45) is 0.640. The summed E-state index contributed by atoms with van der Waals surface area (Å²) in [5, 5.41) is 0. The van der Waals surface area contributed by atoms with Gasteiger partial charge in [-0.05, 0) is 6.42 Å². The van der Waals surface area contributed by atoms with E-state index in [9.17, 15) is 4.57 Å². The second-order valence-electron chi connectivity index (χ2n) is 3.21. The smallest absolute Gasteiger partial charge is 0.377 e. The van der Waals surface area contributed by atoms with Crippen molar-refractivity contribution in [1.82, 2.24) is 0 Å². The first-order valence-electron chi connectivity index (χ1n) is 4.92. The summed E-state index contributed by atoms with van der Waals surface area (Å²) in [4.78, 5) is 0. The van der Waals surface area contributed by atoms with Gasteiger partial charge in [0.05, 0.1) is 6.61 Å². The average molecular weight is 272 g/mol. The van der Waals surface area contributed by atoms with Gasteiger partial charge in [0.25, 0.3) is 0 Å². The molecule has 0 aromatic rings. The van der Waals surface area contributed by atoms with E-state index in [1.54, 1.807) is 21.3 Å². The van der Waals surface area contributed by atoms with E-state index in [0.29, 0.717) is 13.0 Å². The highest BCUT2D eigenvalue weighted by atomic mass is 31.1. The van der Waals surface area contributed by atoms with Crippen molar-refractivity contribution >= 4 is 17.1 Å². The summed E-state index contributed by atoms with van der Waals surface area (Å²) in [5.41, 5.74) is 0.0687. The molecule has 0 spiro atoms. The maximum Gasteiger partial charge on any atom is 0.503 e. The van der Waals surface area contributed by atoms with Crippen LogP contribution in [0.1, 0.15) is 13.3 Å². The topological polar surface area (TPSA) is 63.2 Å². The third-order valence-corrected chi connectivity index (χ3v) is 6.37. The number of rotatable bonds is 9. The van der Waals surface area contributed by atoms with E-state index in [0.717, 1.165) is 0 Å². The molecule has 0 aromatic heterocycles. The number of hydrogen-bond acceptors (Lipinski definition) is 6. The molecule has 6 nitrogen and oxygen atoms in total. The predicted octanol–water partition coefficient (Wildman–Crippen LogP) is 1.70. The van der Waals surface area contributed by atoms with Crippen molar-refractivity contribution in [1.29, 1.82) is 0 Å². The molecule has 0 bridgehead atoms. The minimum Gasteiger partial charge on any atom is -0.377 e. The molecule has 0 rings (SSSR count). The zero-order valence-electron chi connectivity index (χ0n) is 10.4. The lowest BCUT2D eigenvalue weighted by Gasteiger charge is -2.29. The Hall–Kier alpha value is 0.247. The van der Waals surface area contributed by atoms with Crippen LogP contribution < -0.4 is 0 Å². The fourth-order valence-corrected chi connectivity index (χ4v) is 3.99. The summed E-state index contributed by atoms with van der Waals surface area (Å²) >= 11 is 0. The van der Waals surface area contributed by atoms with Crippen molar-refractivity contribution in [2.75, 3.05) is 35.0 Å². The minimum atomic E-state index is -2.61. The molecule has 0 saturated heterocycles. The fraction of sp³-hybridized carbons (Fsp3) is 1.00. The lowest BCUT2D eigenvalue weighted by molar-refractivity contribution is 0.108. The molecule has 0 aliphatic rings. The van der Waals surface area contributed by atoms with Gasteiger partial charge in [-0.1, -0.05) is 6.92 Å². The van der Waals surface area contributed by atoms with E-state index in [1.807, 2.05) is 6.92 Å². The lowest BCUT2D eigenvalue weighted by Crippen LogP contribution is -2.47. The summed E-state index contributed by atoms with van der Waals surface area (Å²) < 4.78 is 36.4. The third-order valence-electron chi connectivity index (χ3n) is 2.39. The lowest BCUT2D eigenvalue weighted by atomic mass is 10.3. The van der Waals surface area contributed by atoms with Crippen molar-refractivity contribution < 1.29 is 26.9 Å². The predicted molar refractivity (Wildman–Crippen MR) is 62.8 cm³/mol. The van der Waals surface area contributed by atoms with Crippen LogP contribution in [-0.2, 0) is 26.9 Å². The Morgan fingerprint density at radius 2 is 1.62 bits per heavy atom. The normalized spacial score (nSPS) is 16.1. The molecule has 0 heterocycles. The second kappa shape index (κ2) is 8.35. The van der Waals surface area contributed by atoms with Gasteiger partial charge in [-0.3, -0.25) is 4.57 Å². The molecule has 0 saturated carbocycles. The van der Waals surface area contributed by atoms with Crippen LogP contribution in [0.2, 0.25) is 5.54 Å². The van der Waals surface area contributed by atoms with Crippen LogP contribution in [0.4, 0.5) is 0 Å². The minimum absolute atomic E-state index is 0.0687. The Kier molecular flexibility index (Phi) is 8.48. The Morgan fingerprint density at radius 1 is 1.12 bits per heavy atom. The van der Waals surface area contributed by atoms with Crippen LogP contribution in [0.25, 0.3) is 0 Å². The van der Waals surface area contributed by atoms with Crippen LogP contribution in [-0.4, -0.2) is 43.9 Å². The first kappa shape index (κ1) is 16.2. The van der Waals surface area contributed by atoms with Crippen molar-refractivity contribution in [2.24, 2.45) is 0 Å². The highest BCUT2D eigenvalue weighted by Gasteiger charge is 2.44. The van der Waals surface area contributed by atoms with Crippen molar-refractivity contribution in [3.63, 3.8) is 0 Å². The molecule has 0 aliphatic heterocycles. The molecule has 0 aliphatic carbocycles. The maximum absolute atomic E-state index is 10.9. The van der Waals surface area contributed by atoms with Gasteiger partial charge in [0, 0.05) is 34.0 Å². The SMILES string of the molecule is CO[PH](=O)OCCC(C)[Si](OC)(OC)OC. The largest absolute Gasteiger partial charge is 0.503 e. The van der Waals surface area contributed by atoms with Crippen molar-refractivity contribution in [2.45, 2.75) is 18.9 Å². The molecule has 0 aromatic carbocycles. The molecule has 0 fully saturated rings. The summed E-state index contributed by atoms with van der Waals surface area (Å²) in [5.74, 6) is 0. The molecule has 0 amide bonds. The van der Waals surface area contributed by atoms with E-state index in [-0.39, 0.29) is 5.54 Å². The van der Waals surface area contributed by atoms with E-state index in [4.69, 9.17) is 17.8 Å². The molecule has 2 atom stereocenters. The van der Waals surface area contributed by atoms with Crippen LogP contribution in [0.15, 0.2) is 0 Å².